The molecule has 1 amide bonds. The van der Waals surface area contributed by atoms with E-state index in [4.69, 9.17) is 16.3 Å². The number of hydrogen-bond donors (Lipinski definition) is 1. The van der Waals surface area contributed by atoms with E-state index < -0.39 is 0 Å². The van der Waals surface area contributed by atoms with Gasteiger partial charge in [0.25, 0.3) is 5.91 Å². The quantitative estimate of drug-likeness (QED) is 0.922. The van der Waals surface area contributed by atoms with Crippen LogP contribution in [0.2, 0.25) is 5.02 Å². The molecule has 3 heterocycles. The van der Waals surface area contributed by atoms with Gasteiger partial charge in [0.15, 0.2) is 0 Å². The highest BCUT2D eigenvalue weighted by Crippen LogP contribution is 2.16. The molecular weight excluding hydrogens is 278 g/mol. The van der Waals surface area contributed by atoms with E-state index >= 15 is 0 Å². The average molecular weight is 298 g/mol. The van der Waals surface area contributed by atoms with E-state index in [0.29, 0.717) is 16.8 Å². The van der Waals surface area contributed by atoms with Gasteiger partial charge < -0.3 is 14.6 Å². The van der Waals surface area contributed by atoms with Gasteiger partial charge in [-0.3, -0.25) is 9.69 Å². The number of piperazine rings is 1. The van der Waals surface area contributed by atoms with Crippen LogP contribution in [0.4, 0.5) is 0 Å². The average Bonchev–Trinajstić information content (AvgIpc) is 3.10. The molecule has 2 fully saturated rings. The second kappa shape index (κ2) is 6.16. The molecule has 0 aromatic carbocycles. The SMILES string of the molecule is O=C(c1cc(Cl)c[nH]1)N1CCN(C[C@@H]2CCCO2)CC1. The van der Waals surface area contributed by atoms with E-state index in [1.807, 2.05) is 4.90 Å². The number of nitrogens with zero attached hydrogens (tertiary/aromatic N) is 2. The molecule has 2 saturated heterocycles. The second-order valence-corrected chi connectivity index (χ2v) is 5.90. The highest BCUT2D eigenvalue weighted by molar-refractivity contribution is 6.30. The normalized spacial score (nSPS) is 24.2. The number of aromatic amines is 1. The summed E-state index contributed by atoms with van der Waals surface area (Å²) in [6.45, 7) is 5.26. The van der Waals surface area contributed by atoms with Crippen LogP contribution in [-0.4, -0.2) is 66.1 Å². The summed E-state index contributed by atoms with van der Waals surface area (Å²) < 4.78 is 5.66. The Morgan fingerprint density at radius 3 is 2.80 bits per heavy atom. The van der Waals surface area contributed by atoms with Crippen molar-refractivity contribution in [1.82, 2.24) is 14.8 Å². The molecule has 110 valence electrons. The smallest absolute Gasteiger partial charge is 0.270 e. The number of halogens is 1. The lowest BCUT2D eigenvalue weighted by molar-refractivity contribution is 0.0430. The first-order valence-corrected chi connectivity index (χ1v) is 7.57. The van der Waals surface area contributed by atoms with Gasteiger partial charge in [-0.2, -0.15) is 0 Å². The number of carbonyl (C=O) groups is 1. The summed E-state index contributed by atoms with van der Waals surface area (Å²) in [5, 5.41) is 0.574. The molecule has 5 nitrogen and oxygen atoms in total. The number of H-pyrrole nitrogens is 1. The van der Waals surface area contributed by atoms with Crippen molar-refractivity contribution < 1.29 is 9.53 Å². The van der Waals surface area contributed by atoms with Gasteiger partial charge >= 0.3 is 0 Å². The van der Waals surface area contributed by atoms with Gasteiger partial charge in [-0.05, 0) is 18.9 Å². The van der Waals surface area contributed by atoms with Crippen LogP contribution in [0.5, 0.6) is 0 Å². The summed E-state index contributed by atoms with van der Waals surface area (Å²) >= 11 is 5.84. The van der Waals surface area contributed by atoms with Crippen LogP contribution in [0.15, 0.2) is 12.3 Å². The zero-order valence-electron chi connectivity index (χ0n) is 11.5. The molecule has 0 unspecified atom stereocenters. The number of nitrogens with one attached hydrogen (secondary N) is 1. The number of carbonyl (C=O) groups excluding carboxylic acids is 1. The summed E-state index contributed by atoms with van der Waals surface area (Å²) in [5.41, 5.74) is 0.572. The molecule has 0 aliphatic carbocycles. The molecule has 2 aliphatic heterocycles. The first-order valence-electron chi connectivity index (χ1n) is 7.19. The van der Waals surface area contributed by atoms with Crippen LogP contribution < -0.4 is 0 Å². The fraction of sp³-hybridized carbons (Fsp3) is 0.643. The monoisotopic (exact) mass is 297 g/mol. The van der Waals surface area contributed by atoms with Crippen LogP contribution in [0.3, 0.4) is 0 Å². The molecule has 0 bridgehead atoms. The number of amides is 1. The van der Waals surface area contributed by atoms with Gasteiger partial charge in [-0.15, -0.1) is 0 Å². The Balaban J connectivity index is 1.49. The van der Waals surface area contributed by atoms with Crippen LogP contribution in [0.1, 0.15) is 23.3 Å². The zero-order valence-corrected chi connectivity index (χ0v) is 12.2. The molecule has 6 heteroatoms. The molecule has 1 atom stereocenters. The van der Waals surface area contributed by atoms with Crippen LogP contribution in [-0.2, 0) is 4.74 Å². The largest absolute Gasteiger partial charge is 0.377 e. The number of aromatic nitrogens is 1. The maximum absolute atomic E-state index is 12.3. The topological polar surface area (TPSA) is 48.6 Å². The molecular formula is C14H20ClN3O2. The van der Waals surface area contributed by atoms with E-state index in [0.717, 1.165) is 39.3 Å². The van der Waals surface area contributed by atoms with Crippen molar-refractivity contribution in [3.8, 4) is 0 Å². The Morgan fingerprint density at radius 1 is 1.40 bits per heavy atom. The third kappa shape index (κ3) is 3.16. The van der Waals surface area contributed by atoms with Gasteiger partial charge in [-0.1, -0.05) is 11.6 Å². The van der Waals surface area contributed by atoms with Crippen LogP contribution >= 0.6 is 11.6 Å². The maximum Gasteiger partial charge on any atom is 0.270 e. The van der Waals surface area contributed by atoms with E-state index in [9.17, 15) is 4.79 Å². The number of ether oxygens (including phenoxy) is 1. The molecule has 0 saturated carbocycles. The van der Waals surface area contributed by atoms with Crippen molar-refractivity contribution in [2.45, 2.75) is 18.9 Å². The lowest BCUT2D eigenvalue weighted by atomic mass is 10.2. The van der Waals surface area contributed by atoms with Gasteiger partial charge in [0.05, 0.1) is 11.1 Å². The fourth-order valence-electron chi connectivity index (χ4n) is 2.87. The zero-order chi connectivity index (χ0) is 13.9. The Bertz CT molecular complexity index is 463. The van der Waals surface area contributed by atoms with Gasteiger partial charge in [0, 0.05) is 45.5 Å². The van der Waals surface area contributed by atoms with Crippen molar-refractivity contribution in [1.29, 1.82) is 0 Å². The van der Waals surface area contributed by atoms with E-state index in [1.54, 1.807) is 12.3 Å². The molecule has 0 radical (unpaired) electrons. The second-order valence-electron chi connectivity index (χ2n) is 5.46. The van der Waals surface area contributed by atoms with Crippen molar-refractivity contribution >= 4 is 17.5 Å². The lowest BCUT2D eigenvalue weighted by Crippen LogP contribution is -2.50. The number of hydrogen-bond acceptors (Lipinski definition) is 3. The van der Waals surface area contributed by atoms with Gasteiger partial charge in [0.1, 0.15) is 5.69 Å². The Labute approximate surface area is 123 Å². The Kier molecular flexibility index (Phi) is 4.29. The fourth-order valence-corrected chi connectivity index (χ4v) is 3.04. The number of rotatable bonds is 3. The van der Waals surface area contributed by atoms with Crippen molar-refractivity contribution in [3.05, 3.63) is 23.0 Å². The molecule has 1 aromatic rings. The van der Waals surface area contributed by atoms with E-state index in [1.165, 1.54) is 12.8 Å². The minimum Gasteiger partial charge on any atom is -0.377 e. The first kappa shape index (κ1) is 13.9. The minimum absolute atomic E-state index is 0.0358. The molecule has 3 rings (SSSR count). The van der Waals surface area contributed by atoms with Crippen LogP contribution in [0.25, 0.3) is 0 Å². The molecule has 0 spiro atoms. The molecule has 1 N–H and O–H groups in total. The summed E-state index contributed by atoms with van der Waals surface area (Å²) in [6.07, 6.45) is 4.37. The Morgan fingerprint density at radius 2 is 2.20 bits per heavy atom. The van der Waals surface area contributed by atoms with E-state index in [2.05, 4.69) is 9.88 Å². The summed E-state index contributed by atoms with van der Waals surface area (Å²) in [7, 11) is 0. The van der Waals surface area contributed by atoms with Crippen LogP contribution in [0, 0.1) is 0 Å². The molecule has 20 heavy (non-hydrogen) atoms. The van der Waals surface area contributed by atoms with E-state index in [-0.39, 0.29) is 5.91 Å². The Hall–Kier alpha value is -1.04. The maximum atomic E-state index is 12.3. The third-order valence-electron chi connectivity index (χ3n) is 4.02. The predicted octanol–water partition coefficient (Wildman–Crippen LogP) is 1.60. The molecule has 1 aromatic heterocycles. The standard InChI is InChI=1S/C14H20ClN3O2/c15-11-8-13(16-9-11)14(19)18-5-3-17(4-6-18)10-12-2-1-7-20-12/h8-9,12,16H,1-7,10H2/t12-/m0/s1. The lowest BCUT2D eigenvalue weighted by Gasteiger charge is -2.35. The minimum atomic E-state index is 0.0358. The summed E-state index contributed by atoms with van der Waals surface area (Å²) in [6, 6.07) is 1.68. The summed E-state index contributed by atoms with van der Waals surface area (Å²) in [5.74, 6) is 0.0358. The van der Waals surface area contributed by atoms with Crippen molar-refractivity contribution in [2.75, 3.05) is 39.3 Å². The van der Waals surface area contributed by atoms with Crippen molar-refractivity contribution in [2.24, 2.45) is 0 Å². The van der Waals surface area contributed by atoms with Crippen molar-refractivity contribution in [3.63, 3.8) is 0 Å². The third-order valence-corrected chi connectivity index (χ3v) is 4.24. The highest BCUT2D eigenvalue weighted by Gasteiger charge is 2.25. The summed E-state index contributed by atoms with van der Waals surface area (Å²) in [4.78, 5) is 19.4. The van der Waals surface area contributed by atoms with Gasteiger partial charge in [0.2, 0.25) is 0 Å². The first-order chi connectivity index (χ1) is 9.72. The highest BCUT2D eigenvalue weighted by atomic mass is 35.5. The van der Waals surface area contributed by atoms with Gasteiger partial charge in [-0.25, -0.2) is 0 Å². The molecule has 2 aliphatic rings. The predicted molar refractivity (Wildman–Crippen MR) is 77.1 cm³/mol.